The molecular weight excluding hydrogens is 316 g/mol. The molecule has 118 valence electrons. The van der Waals surface area contributed by atoms with Crippen molar-refractivity contribution in [1.29, 1.82) is 0 Å². The van der Waals surface area contributed by atoms with E-state index in [-0.39, 0.29) is 16.9 Å². The zero-order chi connectivity index (χ0) is 16.3. The summed E-state index contributed by atoms with van der Waals surface area (Å²) in [5, 5.41) is 7.10. The first-order valence-electron chi connectivity index (χ1n) is 6.83. The minimum atomic E-state index is -3.68. The monoisotopic (exact) mass is 330 g/mol. The number of benzene rings is 2. The SMILES string of the molecule is COc1ccc(-c2nnc(S(=O)(=O)Cc3ccccc3)o2)cc1. The Labute approximate surface area is 133 Å². The van der Waals surface area contributed by atoms with Gasteiger partial charge in [0.25, 0.3) is 0 Å². The fourth-order valence-corrected chi connectivity index (χ4v) is 3.17. The first-order chi connectivity index (χ1) is 11.1. The summed E-state index contributed by atoms with van der Waals surface area (Å²) in [6.45, 7) is 0. The number of sulfone groups is 1. The number of rotatable bonds is 5. The van der Waals surface area contributed by atoms with Gasteiger partial charge in [-0.25, -0.2) is 8.42 Å². The van der Waals surface area contributed by atoms with Crippen LogP contribution in [0.4, 0.5) is 0 Å². The lowest BCUT2D eigenvalue weighted by atomic mass is 10.2. The maximum absolute atomic E-state index is 12.3. The van der Waals surface area contributed by atoms with Gasteiger partial charge in [-0.3, -0.25) is 0 Å². The van der Waals surface area contributed by atoms with Gasteiger partial charge in [-0.2, -0.15) is 0 Å². The Hall–Kier alpha value is -2.67. The van der Waals surface area contributed by atoms with Crippen LogP contribution >= 0.6 is 0 Å². The zero-order valence-corrected chi connectivity index (χ0v) is 13.2. The highest BCUT2D eigenvalue weighted by molar-refractivity contribution is 7.90. The van der Waals surface area contributed by atoms with Crippen molar-refractivity contribution in [2.45, 2.75) is 11.0 Å². The van der Waals surface area contributed by atoms with E-state index < -0.39 is 9.84 Å². The molecule has 0 bridgehead atoms. The maximum Gasteiger partial charge on any atom is 0.336 e. The predicted molar refractivity (Wildman–Crippen MR) is 83.6 cm³/mol. The Balaban J connectivity index is 1.85. The molecule has 0 spiro atoms. The Morgan fingerprint density at radius 2 is 1.70 bits per heavy atom. The maximum atomic E-state index is 12.3. The van der Waals surface area contributed by atoms with E-state index >= 15 is 0 Å². The van der Waals surface area contributed by atoms with Crippen LogP contribution in [0.1, 0.15) is 5.56 Å². The molecule has 1 aromatic heterocycles. The van der Waals surface area contributed by atoms with Crippen LogP contribution in [-0.4, -0.2) is 25.7 Å². The summed E-state index contributed by atoms with van der Waals surface area (Å²) in [4.78, 5) is 0. The van der Waals surface area contributed by atoms with Crippen molar-refractivity contribution >= 4 is 9.84 Å². The van der Waals surface area contributed by atoms with Gasteiger partial charge in [0.2, 0.25) is 15.7 Å². The third-order valence-corrected chi connectivity index (χ3v) is 4.62. The van der Waals surface area contributed by atoms with E-state index in [2.05, 4.69) is 10.2 Å². The van der Waals surface area contributed by atoms with Crippen molar-refractivity contribution in [2.24, 2.45) is 0 Å². The molecule has 1 heterocycles. The van der Waals surface area contributed by atoms with Gasteiger partial charge in [-0.05, 0) is 29.8 Å². The van der Waals surface area contributed by atoms with Crippen LogP contribution in [0.5, 0.6) is 5.75 Å². The average Bonchev–Trinajstić information content (AvgIpc) is 3.06. The molecule has 3 rings (SSSR count). The minimum Gasteiger partial charge on any atom is -0.497 e. The topological polar surface area (TPSA) is 82.3 Å². The van der Waals surface area contributed by atoms with E-state index in [4.69, 9.17) is 9.15 Å². The lowest BCUT2D eigenvalue weighted by Gasteiger charge is -2.00. The molecule has 2 aromatic carbocycles. The summed E-state index contributed by atoms with van der Waals surface area (Å²) in [5.41, 5.74) is 1.29. The summed E-state index contributed by atoms with van der Waals surface area (Å²) < 4.78 is 35.1. The lowest BCUT2D eigenvalue weighted by Crippen LogP contribution is -2.05. The Morgan fingerprint density at radius 1 is 1.00 bits per heavy atom. The molecule has 0 aliphatic rings. The molecule has 7 heteroatoms. The lowest BCUT2D eigenvalue weighted by molar-refractivity contribution is 0.414. The molecule has 23 heavy (non-hydrogen) atoms. The highest BCUT2D eigenvalue weighted by Crippen LogP contribution is 2.23. The fraction of sp³-hybridized carbons (Fsp3) is 0.125. The quantitative estimate of drug-likeness (QED) is 0.715. The van der Waals surface area contributed by atoms with Crippen LogP contribution in [0.15, 0.2) is 64.2 Å². The first kappa shape index (κ1) is 15.2. The molecule has 0 atom stereocenters. The first-order valence-corrected chi connectivity index (χ1v) is 8.48. The molecule has 0 amide bonds. The molecule has 0 aliphatic heterocycles. The van der Waals surface area contributed by atoms with E-state index in [0.29, 0.717) is 16.9 Å². The number of aromatic nitrogens is 2. The van der Waals surface area contributed by atoms with Crippen LogP contribution < -0.4 is 4.74 Å². The molecule has 6 nitrogen and oxygen atoms in total. The van der Waals surface area contributed by atoms with Crippen LogP contribution in [-0.2, 0) is 15.6 Å². The van der Waals surface area contributed by atoms with Gasteiger partial charge in [-0.15, -0.1) is 5.10 Å². The van der Waals surface area contributed by atoms with Crippen molar-refractivity contribution < 1.29 is 17.6 Å². The number of nitrogens with zero attached hydrogens (tertiary/aromatic N) is 2. The molecule has 0 N–H and O–H groups in total. The number of methoxy groups -OCH3 is 1. The fourth-order valence-electron chi connectivity index (χ4n) is 2.04. The molecule has 0 saturated carbocycles. The van der Waals surface area contributed by atoms with Gasteiger partial charge in [0.15, 0.2) is 0 Å². The van der Waals surface area contributed by atoms with Gasteiger partial charge in [0.05, 0.1) is 12.9 Å². The van der Waals surface area contributed by atoms with Gasteiger partial charge < -0.3 is 9.15 Å². The standard InChI is InChI=1S/C16H14N2O4S/c1-21-14-9-7-13(8-10-14)15-17-18-16(22-15)23(19,20)11-12-5-3-2-4-6-12/h2-10H,11H2,1H3. The van der Waals surface area contributed by atoms with Crippen molar-refractivity contribution in [2.75, 3.05) is 7.11 Å². The third kappa shape index (κ3) is 3.40. The number of hydrogen-bond acceptors (Lipinski definition) is 6. The zero-order valence-electron chi connectivity index (χ0n) is 12.3. The van der Waals surface area contributed by atoms with E-state index in [0.717, 1.165) is 0 Å². The Kier molecular flexibility index (Phi) is 4.12. The van der Waals surface area contributed by atoms with Crippen LogP contribution in [0, 0.1) is 0 Å². The molecule has 0 fully saturated rings. The second-order valence-electron chi connectivity index (χ2n) is 4.85. The number of hydrogen-bond donors (Lipinski definition) is 0. The van der Waals surface area contributed by atoms with Gasteiger partial charge in [0, 0.05) is 5.56 Å². The van der Waals surface area contributed by atoms with Crippen molar-refractivity contribution in [3.63, 3.8) is 0 Å². The molecule has 3 aromatic rings. The second kappa shape index (κ2) is 6.21. The van der Waals surface area contributed by atoms with Gasteiger partial charge >= 0.3 is 5.22 Å². The molecule has 0 radical (unpaired) electrons. The van der Waals surface area contributed by atoms with Gasteiger partial charge in [0.1, 0.15) is 5.75 Å². The molecular formula is C16H14N2O4S. The molecule has 0 saturated heterocycles. The van der Waals surface area contributed by atoms with Crippen molar-refractivity contribution in [3.05, 3.63) is 60.2 Å². The molecule has 0 unspecified atom stereocenters. The normalized spacial score (nSPS) is 11.3. The smallest absolute Gasteiger partial charge is 0.336 e. The predicted octanol–water partition coefficient (Wildman–Crippen LogP) is 2.72. The van der Waals surface area contributed by atoms with Crippen LogP contribution in [0.25, 0.3) is 11.5 Å². The van der Waals surface area contributed by atoms with E-state index in [1.165, 1.54) is 0 Å². The van der Waals surface area contributed by atoms with E-state index in [1.807, 2.05) is 6.07 Å². The summed E-state index contributed by atoms with van der Waals surface area (Å²) in [6.07, 6.45) is 0. The van der Waals surface area contributed by atoms with Crippen molar-refractivity contribution in [1.82, 2.24) is 10.2 Å². The van der Waals surface area contributed by atoms with E-state index in [9.17, 15) is 8.42 Å². The van der Waals surface area contributed by atoms with Crippen molar-refractivity contribution in [3.8, 4) is 17.2 Å². The Morgan fingerprint density at radius 3 is 2.35 bits per heavy atom. The summed E-state index contributed by atoms with van der Waals surface area (Å²) in [5.74, 6) is 0.655. The molecule has 0 aliphatic carbocycles. The average molecular weight is 330 g/mol. The minimum absolute atomic E-state index is 0.152. The summed E-state index contributed by atoms with van der Waals surface area (Å²) in [7, 11) is -2.11. The largest absolute Gasteiger partial charge is 0.497 e. The van der Waals surface area contributed by atoms with E-state index in [1.54, 1.807) is 55.6 Å². The second-order valence-corrected chi connectivity index (χ2v) is 6.71. The summed E-state index contributed by atoms with van der Waals surface area (Å²) in [6, 6.07) is 15.8. The summed E-state index contributed by atoms with van der Waals surface area (Å²) >= 11 is 0. The highest BCUT2D eigenvalue weighted by Gasteiger charge is 2.23. The van der Waals surface area contributed by atoms with Crippen LogP contribution in [0.3, 0.4) is 0 Å². The highest BCUT2D eigenvalue weighted by atomic mass is 32.2. The van der Waals surface area contributed by atoms with Gasteiger partial charge in [-0.1, -0.05) is 35.4 Å². The van der Waals surface area contributed by atoms with Crippen LogP contribution in [0.2, 0.25) is 0 Å². The third-order valence-electron chi connectivity index (χ3n) is 3.21. The Bertz CT molecular complexity index is 887. The number of ether oxygens (including phenoxy) is 1.